The first kappa shape index (κ1) is 102. The molecule has 0 spiro atoms. The summed E-state index contributed by atoms with van der Waals surface area (Å²) in [6.07, 6.45) is 104. The molecule has 0 heterocycles. The first-order chi connectivity index (χ1) is 52.2. The summed E-state index contributed by atoms with van der Waals surface area (Å²) in [4.78, 5) is 58.8. The zero-order valence-corrected chi connectivity index (χ0v) is 68.3. The second-order valence-electron chi connectivity index (χ2n) is 26.8. The van der Waals surface area contributed by atoms with Crippen LogP contribution in [0.4, 0.5) is 0 Å². The maximum absolute atomic E-state index is 13.0. The minimum atomic E-state index is -4.95. The lowest BCUT2D eigenvalue weighted by Gasteiger charge is -2.21. The van der Waals surface area contributed by atoms with Crippen molar-refractivity contribution >= 4 is 33.6 Å². The van der Waals surface area contributed by atoms with Crippen molar-refractivity contribution in [2.45, 2.75) is 322 Å². The molecular formula is C89H146O16P2. The van der Waals surface area contributed by atoms with Gasteiger partial charge in [0.25, 0.3) is 0 Å². The first-order valence-corrected chi connectivity index (χ1v) is 44.1. The number of carbonyl (C=O) groups excluding carboxylic acids is 3. The molecule has 5 unspecified atom stereocenters. The number of unbranched alkanes of at least 4 members (excludes halogenated alkanes) is 23. The van der Waals surface area contributed by atoms with Crippen molar-refractivity contribution < 1.29 is 75.8 Å². The summed E-state index contributed by atoms with van der Waals surface area (Å²) >= 11 is 0. The molecule has 16 nitrogen and oxygen atoms in total. The van der Waals surface area contributed by atoms with E-state index >= 15 is 0 Å². The summed E-state index contributed by atoms with van der Waals surface area (Å²) in [7, 11) is -9.82. The Labute approximate surface area is 649 Å². The molecule has 0 saturated carbocycles. The standard InChI is InChI=1S/C89H146O16P2/c1-4-7-10-13-16-19-22-25-28-31-34-36-38-40-41-43-45-46-49-51-54-57-60-63-66-69-72-75-87(92)99-78-84(90)79-101-106(95,96)102-80-85(91)81-103-107(97,98)104-83-86(105-89(94)77-74-71-68-65-62-59-56-53-48-33-30-27-24-21-18-15-12-9-6-3)82-100-88(93)76-73-70-67-64-61-58-55-52-50-47-44-42-39-37-35-32-29-26-23-20-17-14-11-8-5-2/h7-12,16-21,25-30,34-37,40-42,44,48,53,59,62,84-86,90-91H,4-6,13-15,22-24,31-33,38-39,43,45-47,49-52,54-58,60-61,63-83H2,1-3H3,(H,95,96)(H,97,98)/b10-7-,11-8-,12-9-,19-16-,20-17-,21-18-,28-25-,29-26-,30-27-,36-34-,37-35-,41-40-,44-42-,53-48-,62-59-. The van der Waals surface area contributed by atoms with Gasteiger partial charge in [-0.1, -0.05) is 312 Å². The summed E-state index contributed by atoms with van der Waals surface area (Å²) in [6.45, 7) is 2.29. The monoisotopic (exact) mass is 1530 g/mol. The SMILES string of the molecule is CC/C=C\C/C=C\C/C=C\C/C=C\C/C=C\CCCCCCCCCCCCCC(=O)OCC(O)COP(=O)(O)OCC(O)COP(=O)(O)OCC(COC(=O)CCCCCCCCCCC/C=C\C/C=C\C/C=C\C/C=C\C/C=C\CC)OC(=O)CCCCC/C=C\C/C=C\C/C=C\C/C=C\C/C=C\CC. The third-order valence-corrected chi connectivity index (χ3v) is 18.5. The third kappa shape index (κ3) is 81.5. The normalized spacial score (nSPS) is 14.9. The highest BCUT2D eigenvalue weighted by molar-refractivity contribution is 7.47. The smallest absolute Gasteiger partial charge is 0.463 e. The van der Waals surface area contributed by atoms with E-state index in [4.69, 9.17) is 32.3 Å². The van der Waals surface area contributed by atoms with Crippen LogP contribution in [0.15, 0.2) is 182 Å². The van der Waals surface area contributed by atoms with Gasteiger partial charge in [0.1, 0.15) is 25.4 Å². The Morgan fingerprint density at radius 3 is 0.748 bits per heavy atom. The highest BCUT2D eigenvalue weighted by Gasteiger charge is 2.29. The Morgan fingerprint density at radius 2 is 0.467 bits per heavy atom. The maximum Gasteiger partial charge on any atom is 0.472 e. The third-order valence-electron chi connectivity index (χ3n) is 16.6. The zero-order valence-electron chi connectivity index (χ0n) is 66.5. The largest absolute Gasteiger partial charge is 0.472 e. The number of phosphoric acid groups is 2. The molecule has 0 aliphatic rings. The molecule has 0 aromatic rings. The minimum Gasteiger partial charge on any atom is -0.463 e. The van der Waals surface area contributed by atoms with Gasteiger partial charge in [-0.05, 0) is 154 Å². The quantitative estimate of drug-likeness (QED) is 0.0146. The van der Waals surface area contributed by atoms with E-state index in [1.54, 1.807) is 0 Å². The van der Waals surface area contributed by atoms with Gasteiger partial charge >= 0.3 is 33.6 Å². The van der Waals surface area contributed by atoms with E-state index in [9.17, 15) is 43.5 Å². The fourth-order valence-corrected chi connectivity index (χ4v) is 12.1. The van der Waals surface area contributed by atoms with Crippen molar-refractivity contribution in [3.63, 3.8) is 0 Å². The number of allylic oxidation sites excluding steroid dienone is 30. The summed E-state index contributed by atoms with van der Waals surface area (Å²) in [5.41, 5.74) is 0. The molecular weight excluding hydrogens is 1390 g/mol. The molecule has 0 aliphatic carbocycles. The predicted octanol–water partition coefficient (Wildman–Crippen LogP) is 24.5. The van der Waals surface area contributed by atoms with Crippen molar-refractivity contribution in [2.24, 2.45) is 0 Å². The molecule has 0 fully saturated rings. The number of hydrogen-bond acceptors (Lipinski definition) is 14. The van der Waals surface area contributed by atoms with Gasteiger partial charge < -0.3 is 34.2 Å². The van der Waals surface area contributed by atoms with Gasteiger partial charge in [-0.2, -0.15) is 0 Å². The number of aliphatic hydroxyl groups is 2. The number of rotatable bonds is 76. The van der Waals surface area contributed by atoms with E-state index in [1.165, 1.54) is 64.2 Å². The lowest BCUT2D eigenvalue weighted by molar-refractivity contribution is -0.161. The zero-order chi connectivity index (χ0) is 78.0. The Hall–Kier alpha value is -5.35. The number of hydrogen-bond donors (Lipinski definition) is 4. The Morgan fingerprint density at radius 1 is 0.262 bits per heavy atom. The lowest BCUT2D eigenvalue weighted by atomic mass is 10.0. The highest BCUT2D eigenvalue weighted by atomic mass is 31.2. The number of carbonyl (C=O) groups is 3. The van der Waals surface area contributed by atoms with Gasteiger partial charge in [0, 0.05) is 19.3 Å². The Kier molecular flexibility index (Phi) is 76.2. The second-order valence-corrected chi connectivity index (χ2v) is 29.7. The van der Waals surface area contributed by atoms with Crippen LogP contribution in [-0.2, 0) is 55.8 Å². The van der Waals surface area contributed by atoms with Crippen LogP contribution in [0.25, 0.3) is 0 Å². The molecule has 0 bridgehead atoms. The molecule has 107 heavy (non-hydrogen) atoms. The molecule has 0 aliphatic heterocycles. The van der Waals surface area contributed by atoms with Crippen LogP contribution in [0, 0.1) is 0 Å². The van der Waals surface area contributed by atoms with Crippen LogP contribution in [0.3, 0.4) is 0 Å². The van der Waals surface area contributed by atoms with Crippen LogP contribution < -0.4 is 0 Å². The maximum atomic E-state index is 13.0. The molecule has 0 saturated heterocycles. The number of phosphoric ester groups is 2. The van der Waals surface area contributed by atoms with E-state index in [0.29, 0.717) is 19.3 Å². The highest BCUT2D eigenvalue weighted by Crippen LogP contribution is 2.45. The minimum absolute atomic E-state index is 0.0575. The summed E-state index contributed by atoms with van der Waals surface area (Å²) in [6, 6.07) is 0. The molecule has 5 atom stereocenters. The fourth-order valence-electron chi connectivity index (χ4n) is 10.5. The number of ether oxygens (including phenoxy) is 3. The van der Waals surface area contributed by atoms with Crippen molar-refractivity contribution in [3.8, 4) is 0 Å². The summed E-state index contributed by atoms with van der Waals surface area (Å²) in [5, 5.41) is 20.7. The van der Waals surface area contributed by atoms with Crippen LogP contribution in [0.5, 0.6) is 0 Å². The molecule has 18 heteroatoms. The van der Waals surface area contributed by atoms with Crippen LogP contribution in [-0.4, -0.2) is 95.9 Å². The average Bonchev–Trinajstić information content (AvgIpc) is 0.903. The molecule has 608 valence electrons. The summed E-state index contributed by atoms with van der Waals surface area (Å²) < 4.78 is 61.2. The van der Waals surface area contributed by atoms with Crippen molar-refractivity contribution in [1.29, 1.82) is 0 Å². The van der Waals surface area contributed by atoms with Crippen LogP contribution >= 0.6 is 15.6 Å². The van der Waals surface area contributed by atoms with E-state index in [-0.39, 0.29) is 19.3 Å². The van der Waals surface area contributed by atoms with Gasteiger partial charge in [-0.15, -0.1) is 0 Å². The molecule has 4 N–H and O–H groups in total. The van der Waals surface area contributed by atoms with Crippen LogP contribution in [0.1, 0.15) is 303 Å². The molecule has 0 amide bonds. The van der Waals surface area contributed by atoms with Gasteiger partial charge in [0.2, 0.25) is 0 Å². The lowest BCUT2D eigenvalue weighted by Crippen LogP contribution is -2.30. The average molecular weight is 1530 g/mol. The van der Waals surface area contributed by atoms with E-state index in [1.807, 2.05) is 0 Å². The van der Waals surface area contributed by atoms with E-state index in [2.05, 4.69) is 203 Å². The second kappa shape index (κ2) is 80.2. The van der Waals surface area contributed by atoms with Gasteiger partial charge in [0.05, 0.1) is 26.4 Å². The fraction of sp³-hybridized carbons (Fsp3) is 0.629. The number of esters is 3. The Balaban J connectivity index is 4.67. The predicted molar refractivity (Wildman–Crippen MR) is 445 cm³/mol. The topological polar surface area (TPSA) is 231 Å². The van der Waals surface area contributed by atoms with E-state index in [0.717, 1.165) is 180 Å². The van der Waals surface area contributed by atoms with Crippen molar-refractivity contribution in [3.05, 3.63) is 182 Å². The first-order valence-electron chi connectivity index (χ1n) is 41.1. The Bertz CT molecular complexity index is 2670. The molecule has 0 aromatic carbocycles. The van der Waals surface area contributed by atoms with Crippen molar-refractivity contribution in [2.75, 3.05) is 39.6 Å². The van der Waals surface area contributed by atoms with Gasteiger partial charge in [-0.3, -0.25) is 32.5 Å². The molecule has 0 aromatic heterocycles. The van der Waals surface area contributed by atoms with Crippen LogP contribution in [0.2, 0.25) is 0 Å². The van der Waals surface area contributed by atoms with Gasteiger partial charge in [0.15, 0.2) is 6.10 Å². The summed E-state index contributed by atoms with van der Waals surface area (Å²) in [5.74, 6) is -1.63. The number of aliphatic hydroxyl groups excluding tert-OH is 2. The van der Waals surface area contributed by atoms with Gasteiger partial charge in [-0.25, -0.2) is 9.13 Å². The molecule has 0 rings (SSSR count). The molecule has 0 radical (unpaired) electrons. The van der Waals surface area contributed by atoms with Crippen molar-refractivity contribution in [1.82, 2.24) is 0 Å². The van der Waals surface area contributed by atoms with E-state index < -0.39 is 91.5 Å².